The van der Waals surface area contributed by atoms with Crippen molar-refractivity contribution in [2.75, 3.05) is 0 Å². The number of rotatable bonds is 2. The van der Waals surface area contributed by atoms with E-state index in [4.69, 9.17) is 11.6 Å². The molecule has 1 atom stereocenters. The van der Waals surface area contributed by atoms with Crippen molar-refractivity contribution in [2.24, 2.45) is 0 Å². The molecular formula is C12H9AsClF3N2O. The predicted molar refractivity (Wildman–Crippen MR) is 72.5 cm³/mol. The van der Waals surface area contributed by atoms with E-state index in [2.05, 4.69) is 5.10 Å². The van der Waals surface area contributed by atoms with Crippen LogP contribution in [-0.2, 0) is 6.18 Å². The normalized spacial score (nSPS) is 12.2. The first kappa shape index (κ1) is 15.1. The summed E-state index contributed by atoms with van der Waals surface area (Å²) >= 11 is 5.36. The molecule has 1 heterocycles. The van der Waals surface area contributed by atoms with E-state index in [1.165, 1.54) is 18.3 Å². The molecule has 0 fully saturated rings. The summed E-state index contributed by atoms with van der Waals surface area (Å²) in [5.41, 5.74) is 0.521. The van der Waals surface area contributed by atoms with Gasteiger partial charge in [0.2, 0.25) is 0 Å². The van der Waals surface area contributed by atoms with Crippen molar-refractivity contribution in [3.8, 4) is 5.69 Å². The summed E-state index contributed by atoms with van der Waals surface area (Å²) in [6.07, 6.45) is -3.04. The summed E-state index contributed by atoms with van der Waals surface area (Å²) < 4.78 is 39.5. The molecule has 1 aromatic heterocycles. The van der Waals surface area contributed by atoms with Crippen LogP contribution < -0.4 is 9.91 Å². The Labute approximate surface area is 124 Å². The van der Waals surface area contributed by atoms with Crippen LogP contribution in [-0.4, -0.2) is 25.5 Å². The number of hydrogen-bond donors (Lipinski definition) is 0. The zero-order valence-corrected chi connectivity index (χ0v) is 13.1. The average Bonchev–Trinajstić information content (AvgIpc) is 2.41. The van der Waals surface area contributed by atoms with Gasteiger partial charge in [0, 0.05) is 0 Å². The van der Waals surface area contributed by atoms with E-state index < -0.39 is 33.1 Å². The molecule has 0 bridgehead atoms. The number of nitrogens with zero attached hydrogens (tertiary/aromatic N) is 2. The van der Waals surface area contributed by atoms with Crippen LogP contribution in [0.4, 0.5) is 13.2 Å². The van der Waals surface area contributed by atoms with Gasteiger partial charge in [-0.05, 0) is 0 Å². The van der Waals surface area contributed by atoms with Crippen LogP contribution in [0.2, 0.25) is 10.7 Å². The molecule has 2 rings (SSSR count). The minimum atomic E-state index is -4.47. The number of halogens is 4. The van der Waals surface area contributed by atoms with Crippen molar-refractivity contribution in [2.45, 2.75) is 11.9 Å². The third kappa shape index (κ3) is 2.91. The van der Waals surface area contributed by atoms with Crippen LogP contribution in [0.5, 0.6) is 0 Å². The van der Waals surface area contributed by atoms with Gasteiger partial charge in [-0.3, -0.25) is 0 Å². The third-order valence-corrected chi connectivity index (χ3v) is 5.23. The summed E-state index contributed by atoms with van der Waals surface area (Å²) in [5.74, 6) is 0. The average molecular weight is 365 g/mol. The first-order valence-electron chi connectivity index (χ1n) is 5.48. The van der Waals surface area contributed by atoms with Crippen LogP contribution >= 0.6 is 11.6 Å². The van der Waals surface area contributed by atoms with Gasteiger partial charge in [-0.1, -0.05) is 0 Å². The van der Waals surface area contributed by atoms with Crippen LogP contribution in [0.1, 0.15) is 5.56 Å². The molecule has 0 aliphatic rings. The second kappa shape index (κ2) is 5.62. The minimum absolute atomic E-state index is 0.0277. The van der Waals surface area contributed by atoms with Crippen molar-refractivity contribution < 1.29 is 13.2 Å². The summed E-state index contributed by atoms with van der Waals surface area (Å²) in [7, 11) is 0. The first-order valence-corrected chi connectivity index (χ1v) is 9.00. The van der Waals surface area contributed by atoms with Crippen LogP contribution in [0, 0.1) is 0 Å². The number of hydrogen-bond acceptors (Lipinski definition) is 2. The monoisotopic (exact) mass is 364 g/mol. The van der Waals surface area contributed by atoms with Gasteiger partial charge in [-0.15, -0.1) is 0 Å². The summed E-state index contributed by atoms with van der Waals surface area (Å²) in [5, 5.41) is 3.91. The maximum absolute atomic E-state index is 12.7. The topological polar surface area (TPSA) is 34.9 Å². The Morgan fingerprint density at radius 3 is 2.65 bits per heavy atom. The second-order valence-corrected chi connectivity index (χ2v) is 6.44. The Morgan fingerprint density at radius 1 is 1.35 bits per heavy atom. The molecule has 3 nitrogen and oxygen atoms in total. The molecule has 0 spiro atoms. The Hall–Kier alpha value is -1.26. The van der Waals surface area contributed by atoms with Gasteiger partial charge in [0.15, 0.2) is 0 Å². The first-order chi connectivity index (χ1) is 9.34. The van der Waals surface area contributed by atoms with Crippen molar-refractivity contribution >= 4 is 31.7 Å². The SMILES string of the molecule is C[AsH]c1cnn(-c2cccc(C(F)(F)F)c2)c(=O)c1Cl. The molecule has 106 valence electrons. The molecule has 1 aromatic carbocycles. The maximum atomic E-state index is 12.7. The Bertz CT molecular complexity index is 700. The fraction of sp³-hybridized carbons (Fsp3) is 0.167. The van der Waals surface area contributed by atoms with Crippen LogP contribution in [0.3, 0.4) is 0 Å². The molecular weight excluding hydrogens is 356 g/mol. The molecule has 1 unspecified atom stereocenters. The van der Waals surface area contributed by atoms with E-state index in [0.29, 0.717) is 4.35 Å². The Morgan fingerprint density at radius 2 is 2.05 bits per heavy atom. The van der Waals surface area contributed by atoms with Crippen LogP contribution in [0.15, 0.2) is 35.3 Å². The van der Waals surface area contributed by atoms with Gasteiger partial charge in [0.05, 0.1) is 0 Å². The summed E-state index contributed by atoms with van der Waals surface area (Å²) in [6.45, 7) is 0. The molecule has 2 aromatic rings. The summed E-state index contributed by atoms with van der Waals surface area (Å²) in [6, 6.07) is 4.40. The van der Waals surface area contributed by atoms with E-state index in [1.54, 1.807) is 0 Å². The fourth-order valence-corrected chi connectivity index (χ4v) is 3.30. The van der Waals surface area contributed by atoms with Crippen molar-refractivity contribution in [3.05, 3.63) is 51.4 Å². The molecule has 0 amide bonds. The molecule has 0 aliphatic heterocycles. The Kier molecular flexibility index (Phi) is 4.25. The predicted octanol–water partition coefficient (Wildman–Crippen LogP) is 2.01. The van der Waals surface area contributed by atoms with Gasteiger partial charge < -0.3 is 0 Å². The second-order valence-electron chi connectivity index (χ2n) is 3.89. The van der Waals surface area contributed by atoms with Gasteiger partial charge in [-0.2, -0.15) is 0 Å². The van der Waals surface area contributed by atoms with Crippen LogP contribution in [0.25, 0.3) is 5.69 Å². The molecule has 0 saturated carbocycles. The van der Waals surface area contributed by atoms with Crippen molar-refractivity contribution in [1.82, 2.24) is 9.78 Å². The van der Waals surface area contributed by atoms with Crippen molar-refractivity contribution in [1.29, 1.82) is 0 Å². The van der Waals surface area contributed by atoms with E-state index >= 15 is 0 Å². The Balaban J connectivity index is 2.58. The van der Waals surface area contributed by atoms with Crippen molar-refractivity contribution in [3.63, 3.8) is 0 Å². The van der Waals surface area contributed by atoms with Gasteiger partial charge in [0.1, 0.15) is 0 Å². The zero-order valence-electron chi connectivity index (χ0n) is 10.2. The van der Waals surface area contributed by atoms with E-state index in [1.807, 2.05) is 5.71 Å². The zero-order chi connectivity index (χ0) is 14.9. The fourth-order valence-electron chi connectivity index (χ4n) is 1.60. The molecule has 8 heteroatoms. The standard InChI is InChI=1S/C12H9AsClF3N2O/c1-13-9-6-18-19(11(20)10(9)14)8-4-2-3-7(5-8)12(15,16)17/h2-6,13H,1H3. The molecule has 0 aliphatic carbocycles. The van der Waals surface area contributed by atoms with Gasteiger partial charge in [0.25, 0.3) is 0 Å². The molecule has 20 heavy (non-hydrogen) atoms. The van der Waals surface area contributed by atoms with E-state index in [-0.39, 0.29) is 10.7 Å². The van der Waals surface area contributed by atoms with E-state index in [0.717, 1.165) is 16.8 Å². The third-order valence-electron chi connectivity index (χ3n) is 2.61. The summed E-state index contributed by atoms with van der Waals surface area (Å²) in [4.78, 5) is 12.0. The molecule has 0 N–H and O–H groups in total. The van der Waals surface area contributed by atoms with E-state index in [9.17, 15) is 18.0 Å². The molecule has 0 saturated heterocycles. The van der Waals surface area contributed by atoms with Gasteiger partial charge in [-0.25, -0.2) is 0 Å². The number of alkyl halides is 3. The molecule has 0 radical (unpaired) electrons. The van der Waals surface area contributed by atoms with Gasteiger partial charge >= 0.3 is 124 Å². The number of benzene rings is 1. The quantitative estimate of drug-likeness (QED) is 0.764. The number of aromatic nitrogens is 2.